The van der Waals surface area contributed by atoms with Gasteiger partial charge in [0.25, 0.3) is 0 Å². The monoisotopic (exact) mass is 205 g/mol. The molecular formula is C11H11NOS. The zero-order chi connectivity index (χ0) is 9.97. The van der Waals surface area contributed by atoms with Crippen molar-refractivity contribution in [1.29, 1.82) is 0 Å². The lowest BCUT2D eigenvalue weighted by atomic mass is 10.2. The van der Waals surface area contributed by atoms with Crippen LogP contribution in [0.3, 0.4) is 0 Å². The Morgan fingerprint density at radius 2 is 2.29 bits per heavy atom. The van der Waals surface area contributed by atoms with Gasteiger partial charge in [-0.25, -0.2) is 0 Å². The van der Waals surface area contributed by atoms with E-state index in [1.807, 2.05) is 29.0 Å². The van der Waals surface area contributed by atoms with Crippen LogP contribution in [0.1, 0.15) is 28.3 Å². The first-order valence-electron chi connectivity index (χ1n) is 4.48. The quantitative estimate of drug-likeness (QED) is 0.706. The van der Waals surface area contributed by atoms with Crippen LogP contribution in [0, 0.1) is 0 Å². The van der Waals surface area contributed by atoms with E-state index in [4.69, 9.17) is 0 Å². The third kappa shape index (κ3) is 1.51. The molecule has 0 saturated carbocycles. The highest BCUT2D eigenvalue weighted by atomic mass is 32.1. The summed E-state index contributed by atoms with van der Waals surface area (Å²) in [4.78, 5) is 12.0. The van der Waals surface area contributed by atoms with Gasteiger partial charge < -0.3 is 4.57 Å². The molecule has 14 heavy (non-hydrogen) atoms. The Kier molecular flexibility index (Phi) is 2.50. The fraction of sp³-hybridized carbons (Fsp3) is 0.182. The molecule has 0 saturated heterocycles. The summed E-state index contributed by atoms with van der Waals surface area (Å²) < 4.78 is 1.98. The second kappa shape index (κ2) is 3.80. The molecule has 0 aliphatic rings. The Morgan fingerprint density at radius 1 is 1.43 bits per heavy atom. The third-order valence-electron chi connectivity index (χ3n) is 2.30. The van der Waals surface area contributed by atoms with Crippen LogP contribution < -0.4 is 0 Å². The number of carbonyl (C=O) groups excluding carboxylic acids is 1. The summed E-state index contributed by atoms with van der Waals surface area (Å²) in [7, 11) is 0. The molecule has 1 atom stereocenters. The number of hydrogen-bond donors (Lipinski definition) is 0. The van der Waals surface area contributed by atoms with Gasteiger partial charge in [-0.1, -0.05) is 6.07 Å². The van der Waals surface area contributed by atoms with Gasteiger partial charge in [0, 0.05) is 11.1 Å². The number of aromatic nitrogens is 1. The normalized spacial score (nSPS) is 12.6. The van der Waals surface area contributed by atoms with Gasteiger partial charge in [-0.15, -0.1) is 11.3 Å². The summed E-state index contributed by atoms with van der Waals surface area (Å²) >= 11 is 1.71. The van der Waals surface area contributed by atoms with Gasteiger partial charge in [0.15, 0.2) is 6.29 Å². The summed E-state index contributed by atoms with van der Waals surface area (Å²) in [5.74, 6) is 0. The SMILES string of the molecule is C[C@@H](c1cccs1)n1cccc1C=O. The number of nitrogens with zero attached hydrogens (tertiary/aromatic N) is 1. The highest BCUT2D eigenvalue weighted by Crippen LogP contribution is 2.23. The van der Waals surface area contributed by atoms with E-state index in [1.165, 1.54) is 4.88 Å². The van der Waals surface area contributed by atoms with Crippen molar-refractivity contribution in [3.8, 4) is 0 Å². The fourth-order valence-electron chi connectivity index (χ4n) is 1.53. The Morgan fingerprint density at radius 3 is 2.93 bits per heavy atom. The van der Waals surface area contributed by atoms with Crippen molar-refractivity contribution in [1.82, 2.24) is 4.57 Å². The molecule has 2 aromatic rings. The molecule has 72 valence electrons. The summed E-state index contributed by atoms with van der Waals surface area (Å²) in [6, 6.07) is 8.08. The van der Waals surface area contributed by atoms with Crippen molar-refractivity contribution in [2.24, 2.45) is 0 Å². The second-order valence-corrected chi connectivity index (χ2v) is 4.13. The van der Waals surface area contributed by atoms with Crippen molar-refractivity contribution in [3.05, 3.63) is 46.4 Å². The number of carbonyl (C=O) groups is 1. The molecule has 0 aromatic carbocycles. The van der Waals surface area contributed by atoms with Crippen molar-refractivity contribution < 1.29 is 4.79 Å². The van der Waals surface area contributed by atoms with E-state index >= 15 is 0 Å². The predicted octanol–water partition coefficient (Wildman–Crippen LogP) is 2.97. The Bertz CT molecular complexity index is 416. The predicted molar refractivity (Wildman–Crippen MR) is 58.0 cm³/mol. The van der Waals surface area contributed by atoms with Crippen LogP contribution in [0.15, 0.2) is 35.8 Å². The molecule has 0 aliphatic heterocycles. The lowest BCUT2D eigenvalue weighted by molar-refractivity contribution is 0.111. The molecule has 0 radical (unpaired) electrons. The molecule has 0 amide bonds. The fourth-order valence-corrected chi connectivity index (χ4v) is 2.31. The molecule has 2 heterocycles. The number of thiophene rings is 1. The van der Waals surface area contributed by atoms with Gasteiger partial charge in [-0.05, 0) is 30.5 Å². The van der Waals surface area contributed by atoms with Crippen LogP contribution in [0.25, 0.3) is 0 Å². The first kappa shape index (κ1) is 9.21. The lowest BCUT2D eigenvalue weighted by Gasteiger charge is -2.13. The second-order valence-electron chi connectivity index (χ2n) is 3.15. The number of rotatable bonds is 3. The van der Waals surface area contributed by atoms with Gasteiger partial charge in [0.2, 0.25) is 0 Å². The highest BCUT2D eigenvalue weighted by molar-refractivity contribution is 7.10. The lowest BCUT2D eigenvalue weighted by Crippen LogP contribution is -2.06. The Labute approximate surface area is 86.8 Å². The van der Waals surface area contributed by atoms with Crippen LogP contribution in [0.2, 0.25) is 0 Å². The smallest absolute Gasteiger partial charge is 0.166 e. The molecule has 0 N–H and O–H groups in total. The van der Waals surface area contributed by atoms with Crippen molar-refractivity contribution in [2.75, 3.05) is 0 Å². The minimum atomic E-state index is 0.241. The molecular weight excluding hydrogens is 194 g/mol. The minimum absolute atomic E-state index is 0.241. The summed E-state index contributed by atoms with van der Waals surface area (Å²) in [6.45, 7) is 2.10. The van der Waals surface area contributed by atoms with E-state index in [0.717, 1.165) is 12.0 Å². The van der Waals surface area contributed by atoms with Gasteiger partial charge in [-0.2, -0.15) is 0 Å². The molecule has 2 nitrogen and oxygen atoms in total. The molecule has 3 heteroatoms. The van der Waals surface area contributed by atoms with E-state index in [-0.39, 0.29) is 6.04 Å². The molecule has 0 fully saturated rings. The minimum Gasteiger partial charge on any atom is -0.337 e. The van der Waals surface area contributed by atoms with E-state index < -0.39 is 0 Å². The molecule has 2 aromatic heterocycles. The van der Waals surface area contributed by atoms with Crippen molar-refractivity contribution in [3.63, 3.8) is 0 Å². The van der Waals surface area contributed by atoms with Crippen molar-refractivity contribution >= 4 is 17.6 Å². The summed E-state index contributed by atoms with van der Waals surface area (Å²) in [5.41, 5.74) is 0.728. The molecule has 0 unspecified atom stereocenters. The maximum Gasteiger partial charge on any atom is 0.166 e. The maximum absolute atomic E-state index is 10.7. The average molecular weight is 205 g/mol. The molecule has 0 aliphatic carbocycles. The van der Waals surface area contributed by atoms with Crippen LogP contribution in [0.4, 0.5) is 0 Å². The summed E-state index contributed by atoms with van der Waals surface area (Å²) in [5, 5.41) is 2.05. The zero-order valence-electron chi connectivity index (χ0n) is 7.88. The molecule has 0 spiro atoms. The third-order valence-corrected chi connectivity index (χ3v) is 3.35. The van der Waals surface area contributed by atoms with Crippen LogP contribution >= 0.6 is 11.3 Å². The average Bonchev–Trinajstić information content (AvgIpc) is 2.87. The van der Waals surface area contributed by atoms with Gasteiger partial charge in [0.1, 0.15) is 0 Å². The van der Waals surface area contributed by atoms with Gasteiger partial charge in [0.05, 0.1) is 11.7 Å². The van der Waals surface area contributed by atoms with Crippen LogP contribution in [-0.4, -0.2) is 10.9 Å². The Balaban J connectivity index is 2.36. The van der Waals surface area contributed by atoms with E-state index in [2.05, 4.69) is 18.4 Å². The number of hydrogen-bond acceptors (Lipinski definition) is 2. The first-order chi connectivity index (χ1) is 6.83. The van der Waals surface area contributed by atoms with Crippen LogP contribution in [-0.2, 0) is 0 Å². The Hall–Kier alpha value is -1.35. The van der Waals surface area contributed by atoms with E-state index in [0.29, 0.717) is 0 Å². The topological polar surface area (TPSA) is 22.0 Å². The largest absolute Gasteiger partial charge is 0.337 e. The molecule has 2 rings (SSSR count). The summed E-state index contributed by atoms with van der Waals surface area (Å²) in [6.07, 6.45) is 2.83. The first-order valence-corrected chi connectivity index (χ1v) is 5.36. The van der Waals surface area contributed by atoms with E-state index in [1.54, 1.807) is 11.3 Å². The van der Waals surface area contributed by atoms with Crippen molar-refractivity contribution in [2.45, 2.75) is 13.0 Å². The van der Waals surface area contributed by atoms with Gasteiger partial charge >= 0.3 is 0 Å². The van der Waals surface area contributed by atoms with Crippen LogP contribution in [0.5, 0.6) is 0 Å². The number of aldehydes is 1. The molecule has 0 bridgehead atoms. The van der Waals surface area contributed by atoms with E-state index in [9.17, 15) is 4.79 Å². The maximum atomic E-state index is 10.7. The standard InChI is InChI=1S/C11H11NOS/c1-9(11-5-3-7-14-11)12-6-2-4-10(12)8-13/h2-9H,1H3/t9-/m0/s1. The highest BCUT2D eigenvalue weighted by Gasteiger charge is 2.10. The zero-order valence-corrected chi connectivity index (χ0v) is 8.70. The van der Waals surface area contributed by atoms with Gasteiger partial charge in [-0.3, -0.25) is 4.79 Å².